The van der Waals surface area contributed by atoms with Crippen LogP contribution in [0.5, 0.6) is 0 Å². The van der Waals surface area contributed by atoms with Gasteiger partial charge in [-0.05, 0) is 58.4 Å². The molecule has 3 aliphatic rings. The Morgan fingerprint density at radius 1 is 1.26 bits per heavy atom. The van der Waals surface area contributed by atoms with Crippen LogP contribution in [0.3, 0.4) is 0 Å². The summed E-state index contributed by atoms with van der Waals surface area (Å²) < 4.78 is 43.1. The van der Waals surface area contributed by atoms with Gasteiger partial charge in [-0.2, -0.15) is 13.2 Å². The Balaban J connectivity index is 0.000000339. The summed E-state index contributed by atoms with van der Waals surface area (Å²) in [6.45, 7) is 6.75. The van der Waals surface area contributed by atoms with Crippen molar-refractivity contribution in [2.24, 2.45) is 5.92 Å². The number of hydrogen-bond acceptors (Lipinski definition) is 6. The number of rotatable bonds is 4. The number of carbonyl (C=O) groups excluding carboxylic acids is 1. The molecule has 4 rings (SSSR count). The summed E-state index contributed by atoms with van der Waals surface area (Å²) in [7, 11) is 0. The van der Waals surface area contributed by atoms with Crippen molar-refractivity contribution < 1.29 is 37.1 Å². The van der Waals surface area contributed by atoms with Gasteiger partial charge < -0.3 is 19.7 Å². The molecule has 0 aromatic carbocycles. The van der Waals surface area contributed by atoms with Crippen molar-refractivity contribution in [2.75, 3.05) is 13.1 Å². The summed E-state index contributed by atoms with van der Waals surface area (Å²) in [5, 5.41) is 14.3. The van der Waals surface area contributed by atoms with Crippen molar-refractivity contribution in [3.63, 3.8) is 0 Å². The lowest BCUT2D eigenvalue weighted by atomic mass is 9.90. The number of carboxylic acid groups (broad SMARTS) is 1. The van der Waals surface area contributed by atoms with Crippen molar-refractivity contribution >= 4 is 11.9 Å². The molecule has 2 saturated heterocycles. The molecule has 1 aromatic rings. The summed E-state index contributed by atoms with van der Waals surface area (Å²) in [6.07, 6.45) is 0.297. The van der Waals surface area contributed by atoms with Crippen LogP contribution in [0, 0.1) is 19.8 Å². The molecule has 0 spiro atoms. The predicted octanol–water partition coefficient (Wildman–Crippen LogP) is 2.57. The van der Waals surface area contributed by atoms with Gasteiger partial charge in [0.05, 0.1) is 11.8 Å². The Morgan fingerprint density at radius 3 is 2.45 bits per heavy atom. The largest absolute Gasteiger partial charge is 0.490 e. The van der Waals surface area contributed by atoms with E-state index in [4.69, 9.17) is 19.2 Å². The Kier molecular flexibility index (Phi) is 7.25. The molecule has 0 bridgehead atoms. The van der Waals surface area contributed by atoms with Gasteiger partial charge in [-0.3, -0.25) is 9.69 Å². The first-order chi connectivity index (χ1) is 14.5. The maximum Gasteiger partial charge on any atom is 0.490 e. The van der Waals surface area contributed by atoms with Gasteiger partial charge in [0.15, 0.2) is 0 Å². The fourth-order valence-electron chi connectivity index (χ4n) is 4.10. The van der Waals surface area contributed by atoms with Crippen LogP contribution in [0.1, 0.15) is 49.1 Å². The molecule has 3 atom stereocenters. The number of nitrogens with zero attached hydrogens (tertiary/aromatic N) is 2. The first kappa shape index (κ1) is 23.5. The maximum absolute atomic E-state index is 12.3. The smallest absolute Gasteiger partial charge is 0.475 e. The lowest BCUT2D eigenvalue weighted by molar-refractivity contribution is -0.192. The highest BCUT2D eigenvalue weighted by atomic mass is 19.4. The van der Waals surface area contributed by atoms with Gasteiger partial charge in [0.25, 0.3) is 0 Å². The van der Waals surface area contributed by atoms with Crippen LogP contribution in [0.2, 0.25) is 0 Å². The molecule has 1 saturated carbocycles. The van der Waals surface area contributed by atoms with Gasteiger partial charge in [0.2, 0.25) is 5.91 Å². The standard InChI is InChI=1S/C18H27N3O3.C2HF3O2/c1-11-15(12(2)24-20-11)9-21-7-6-13-8-16(23-17(13)10-21)18(22)19-14-4-3-5-14;3-2(4,5)1(6)7/h13-14,16-17H,3-10H2,1-2H3,(H,19,22);(H,6,7)/t13-,16-,17-;/m0./s1. The van der Waals surface area contributed by atoms with Gasteiger partial charge in [0, 0.05) is 24.7 Å². The normalized spacial score (nSPS) is 26.4. The average Bonchev–Trinajstić information content (AvgIpc) is 3.22. The second-order valence-electron chi connectivity index (χ2n) is 8.42. The molecule has 1 aliphatic carbocycles. The fourth-order valence-corrected chi connectivity index (χ4v) is 4.10. The number of likely N-dealkylation sites (tertiary alicyclic amines) is 1. The second kappa shape index (κ2) is 9.56. The number of fused-ring (bicyclic) bond motifs is 1. The third-order valence-corrected chi connectivity index (χ3v) is 6.19. The number of ether oxygens (including phenoxy) is 1. The molecule has 11 heteroatoms. The van der Waals surface area contributed by atoms with Crippen LogP contribution >= 0.6 is 0 Å². The van der Waals surface area contributed by atoms with E-state index in [0.717, 1.165) is 56.8 Å². The fraction of sp³-hybridized carbons (Fsp3) is 0.750. The lowest BCUT2D eigenvalue weighted by Crippen LogP contribution is -2.45. The zero-order chi connectivity index (χ0) is 22.8. The number of piperidine rings is 1. The molecule has 1 amide bonds. The highest BCUT2D eigenvalue weighted by Gasteiger charge is 2.42. The van der Waals surface area contributed by atoms with E-state index in [2.05, 4.69) is 15.4 Å². The number of aliphatic carboxylic acids is 1. The number of carboxylic acids is 1. The van der Waals surface area contributed by atoms with Crippen molar-refractivity contribution in [1.29, 1.82) is 0 Å². The van der Waals surface area contributed by atoms with E-state index in [1.165, 1.54) is 12.0 Å². The number of amides is 1. The summed E-state index contributed by atoms with van der Waals surface area (Å²) in [5.74, 6) is -1.23. The predicted molar refractivity (Wildman–Crippen MR) is 102 cm³/mol. The van der Waals surface area contributed by atoms with E-state index in [-0.39, 0.29) is 18.1 Å². The minimum absolute atomic E-state index is 0.103. The molecule has 31 heavy (non-hydrogen) atoms. The van der Waals surface area contributed by atoms with Crippen LogP contribution in [0.15, 0.2) is 4.52 Å². The average molecular weight is 447 g/mol. The van der Waals surface area contributed by atoms with E-state index in [0.29, 0.717) is 12.0 Å². The lowest BCUT2D eigenvalue weighted by Gasteiger charge is -2.33. The molecule has 1 aromatic heterocycles. The van der Waals surface area contributed by atoms with Crippen molar-refractivity contribution in [2.45, 2.75) is 76.9 Å². The number of alkyl halides is 3. The van der Waals surface area contributed by atoms with E-state index >= 15 is 0 Å². The van der Waals surface area contributed by atoms with Crippen molar-refractivity contribution in [3.8, 4) is 0 Å². The maximum atomic E-state index is 12.3. The zero-order valence-corrected chi connectivity index (χ0v) is 17.6. The molecule has 3 fully saturated rings. The van der Waals surface area contributed by atoms with E-state index < -0.39 is 12.1 Å². The van der Waals surface area contributed by atoms with Crippen LogP contribution in [-0.2, 0) is 20.9 Å². The van der Waals surface area contributed by atoms with E-state index in [9.17, 15) is 18.0 Å². The molecule has 0 radical (unpaired) electrons. The molecular weight excluding hydrogens is 419 g/mol. The second-order valence-corrected chi connectivity index (χ2v) is 8.42. The first-order valence-corrected chi connectivity index (χ1v) is 10.4. The Labute approximate surface area is 178 Å². The SMILES string of the molecule is Cc1noc(C)c1CN1CC[C@H]2C[C@@H](C(=O)NC3CCC3)O[C@H]2C1.O=C(O)C(F)(F)F. The van der Waals surface area contributed by atoms with Crippen LogP contribution in [0.25, 0.3) is 0 Å². The van der Waals surface area contributed by atoms with E-state index in [1.54, 1.807) is 0 Å². The van der Waals surface area contributed by atoms with Crippen LogP contribution in [0.4, 0.5) is 13.2 Å². The molecule has 174 valence electrons. The first-order valence-electron chi connectivity index (χ1n) is 10.4. The van der Waals surface area contributed by atoms with Gasteiger partial charge >= 0.3 is 12.1 Å². The van der Waals surface area contributed by atoms with Gasteiger partial charge in [-0.25, -0.2) is 4.79 Å². The Bertz CT molecular complexity index is 774. The van der Waals surface area contributed by atoms with Gasteiger partial charge in [-0.15, -0.1) is 0 Å². The summed E-state index contributed by atoms with van der Waals surface area (Å²) in [4.78, 5) is 23.6. The van der Waals surface area contributed by atoms with Crippen molar-refractivity contribution in [1.82, 2.24) is 15.4 Å². The molecule has 2 N–H and O–H groups in total. The highest BCUT2D eigenvalue weighted by Crippen LogP contribution is 2.34. The third kappa shape index (κ3) is 5.97. The summed E-state index contributed by atoms with van der Waals surface area (Å²) in [6, 6.07) is 0.389. The number of halogens is 3. The number of hydrogen-bond donors (Lipinski definition) is 2. The summed E-state index contributed by atoms with van der Waals surface area (Å²) in [5.41, 5.74) is 2.16. The monoisotopic (exact) mass is 447 g/mol. The summed E-state index contributed by atoms with van der Waals surface area (Å²) >= 11 is 0. The van der Waals surface area contributed by atoms with Crippen molar-refractivity contribution in [3.05, 3.63) is 17.0 Å². The zero-order valence-electron chi connectivity index (χ0n) is 17.6. The number of aryl methyl sites for hydroxylation is 2. The van der Waals surface area contributed by atoms with E-state index in [1.807, 2.05) is 13.8 Å². The quantitative estimate of drug-likeness (QED) is 0.731. The molecule has 8 nitrogen and oxygen atoms in total. The Morgan fingerprint density at radius 2 is 1.94 bits per heavy atom. The number of nitrogens with one attached hydrogen (secondary N) is 1. The van der Waals surface area contributed by atoms with Gasteiger partial charge in [0.1, 0.15) is 11.9 Å². The number of carbonyl (C=O) groups is 2. The minimum Gasteiger partial charge on any atom is -0.475 e. The minimum atomic E-state index is -5.08. The van der Waals surface area contributed by atoms with Gasteiger partial charge in [-0.1, -0.05) is 5.16 Å². The molecular formula is C20H28F3N3O5. The third-order valence-electron chi connectivity index (χ3n) is 6.19. The van der Waals surface area contributed by atoms with Crippen LogP contribution in [-0.4, -0.2) is 64.6 Å². The highest BCUT2D eigenvalue weighted by molar-refractivity contribution is 5.81. The topological polar surface area (TPSA) is 105 Å². The van der Waals surface area contributed by atoms with Crippen LogP contribution < -0.4 is 5.32 Å². The molecule has 2 aliphatic heterocycles. The Hall–Kier alpha value is -2.14. The molecule has 0 unspecified atom stereocenters. The number of aromatic nitrogens is 1. The molecule has 3 heterocycles.